The second-order valence-electron chi connectivity index (χ2n) is 7.46. The maximum absolute atomic E-state index is 13.3. The minimum Gasteiger partial charge on any atom is -0.338 e. The van der Waals surface area contributed by atoms with Crippen molar-refractivity contribution in [3.05, 3.63) is 65.5 Å². The number of halogens is 1. The lowest BCUT2D eigenvalue weighted by molar-refractivity contribution is -0.118. The number of aryl methyl sites for hydroxylation is 1. The molecule has 1 aliphatic heterocycles. The third kappa shape index (κ3) is 3.09. The maximum Gasteiger partial charge on any atom is 0.253 e. The number of nitrogens with one attached hydrogen (secondary N) is 1. The van der Waals surface area contributed by atoms with E-state index >= 15 is 0 Å². The molecule has 1 saturated heterocycles. The Balaban J connectivity index is 1.39. The number of likely N-dealkylation sites (tertiary alicyclic amines) is 1. The van der Waals surface area contributed by atoms with Crippen molar-refractivity contribution in [3.8, 4) is 0 Å². The van der Waals surface area contributed by atoms with Crippen molar-refractivity contribution in [1.82, 2.24) is 4.90 Å². The van der Waals surface area contributed by atoms with Crippen LogP contribution in [-0.4, -0.2) is 29.8 Å². The first-order valence-corrected chi connectivity index (χ1v) is 8.89. The summed E-state index contributed by atoms with van der Waals surface area (Å²) in [7, 11) is 0. The van der Waals surface area contributed by atoms with E-state index in [1.807, 2.05) is 36.1 Å². The molecule has 1 heterocycles. The summed E-state index contributed by atoms with van der Waals surface area (Å²) in [6.07, 6.45) is 1.62. The van der Waals surface area contributed by atoms with Crippen molar-refractivity contribution in [2.45, 2.75) is 19.8 Å². The predicted octanol–water partition coefficient (Wildman–Crippen LogP) is 3.63. The molecule has 2 aromatic carbocycles. The third-order valence-corrected chi connectivity index (χ3v) is 5.57. The summed E-state index contributed by atoms with van der Waals surface area (Å²) in [5, 5.41) is 2.80. The molecule has 2 aliphatic rings. The number of amides is 2. The zero-order chi connectivity index (χ0) is 18.3. The fourth-order valence-electron chi connectivity index (χ4n) is 3.91. The van der Waals surface area contributed by atoms with Gasteiger partial charge in [-0.3, -0.25) is 9.59 Å². The maximum atomic E-state index is 13.3. The van der Waals surface area contributed by atoms with Gasteiger partial charge in [0.15, 0.2) is 0 Å². The summed E-state index contributed by atoms with van der Waals surface area (Å²) in [4.78, 5) is 27.0. The van der Waals surface area contributed by atoms with Crippen LogP contribution < -0.4 is 5.32 Å². The first-order chi connectivity index (χ1) is 12.5. The Morgan fingerprint density at radius 2 is 1.96 bits per heavy atom. The van der Waals surface area contributed by atoms with Gasteiger partial charge in [-0.1, -0.05) is 23.8 Å². The molecular weight excluding hydrogens is 331 g/mol. The van der Waals surface area contributed by atoms with Gasteiger partial charge in [-0.25, -0.2) is 4.39 Å². The van der Waals surface area contributed by atoms with E-state index < -0.39 is 0 Å². The lowest BCUT2D eigenvalue weighted by atomic mass is 10.0. The van der Waals surface area contributed by atoms with Crippen LogP contribution in [0.2, 0.25) is 0 Å². The Kier molecular flexibility index (Phi) is 4.02. The van der Waals surface area contributed by atoms with Gasteiger partial charge < -0.3 is 10.2 Å². The fraction of sp³-hybridized carbons (Fsp3) is 0.333. The van der Waals surface area contributed by atoms with Crippen LogP contribution in [0.15, 0.2) is 48.5 Å². The van der Waals surface area contributed by atoms with Crippen LogP contribution >= 0.6 is 0 Å². The minimum atomic E-state index is -0.371. The number of nitrogens with zero attached hydrogens (tertiary/aromatic N) is 1. The van der Waals surface area contributed by atoms with Crippen molar-refractivity contribution in [2.24, 2.45) is 11.3 Å². The summed E-state index contributed by atoms with van der Waals surface area (Å²) in [5.74, 6) is -0.538. The topological polar surface area (TPSA) is 49.4 Å². The fourth-order valence-corrected chi connectivity index (χ4v) is 3.91. The number of carbonyl (C=O) groups excluding carboxylic acids is 2. The molecule has 2 fully saturated rings. The van der Waals surface area contributed by atoms with Crippen LogP contribution in [0, 0.1) is 24.1 Å². The average Bonchev–Trinajstić information content (AvgIpc) is 3.15. The SMILES string of the molecule is Cc1ccc(C(=O)N2CC[C@@]3(C[C@H]3C(=O)Nc3cccc(F)c3)C2)cc1. The molecule has 0 aromatic heterocycles. The molecule has 1 saturated carbocycles. The molecule has 2 atom stereocenters. The van der Waals surface area contributed by atoms with Crippen LogP contribution in [0.3, 0.4) is 0 Å². The minimum absolute atomic E-state index is 0.0260. The molecule has 4 rings (SSSR count). The molecular formula is C21H21FN2O2. The normalized spacial score (nSPS) is 23.9. The van der Waals surface area contributed by atoms with Crippen LogP contribution in [0.4, 0.5) is 10.1 Å². The molecule has 5 heteroatoms. The van der Waals surface area contributed by atoms with Crippen molar-refractivity contribution in [2.75, 3.05) is 18.4 Å². The van der Waals surface area contributed by atoms with Gasteiger partial charge in [0, 0.05) is 35.7 Å². The van der Waals surface area contributed by atoms with Crippen LogP contribution in [-0.2, 0) is 4.79 Å². The second kappa shape index (κ2) is 6.24. The quantitative estimate of drug-likeness (QED) is 0.917. The molecule has 1 spiro atoms. The number of hydrogen-bond donors (Lipinski definition) is 1. The zero-order valence-electron chi connectivity index (χ0n) is 14.7. The molecule has 2 aromatic rings. The van der Waals surface area contributed by atoms with Crippen molar-refractivity contribution >= 4 is 17.5 Å². The van der Waals surface area contributed by atoms with Gasteiger partial charge >= 0.3 is 0 Å². The predicted molar refractivity (Wildman–Crippen MR) is 97.3 cm³/mol. The highest BCUT2D eigenvalue weighted by Crippen LogP contribution is 2.58. The van der Waals surface area contributed by atoms with Crippen molar-refractivity contribution in [1.29, 1.82) is 0 Å². The monoisotopic (exact) mass is 352 g/mol. The highest BCUT2D eigenvalue weighted by atomic mass is 19.1. The number of hydrogen-bond acceptors (Lipinski definition) is 2. The molecule has 4 nitrogen and oxygen atoms in total. The van der Waals surface area contributed by atoms with Gasteiger partial charge in [0.25, 0.3) is 5.91 Å². The second-order valence-corrected chi connectivity index (χ2v) is 7.46. The van der Waals surface area contributed by atoms with Gasteiger partial charge in [-0.15, -0.1) is 0 Å². The van der Waals surface area contributed by atoms with Gasteiger partial charge in [0.1, 0.15) is 5.82 Å². The van der Waals surface area contributed by atoms with E-state index in [0.29, 0.717) is 24.3 Å². The van der Waals surface area contributed by atoms with E-state index in [0.717, 1.165) is 18.4 Å². The molecule has 2 amide bonds. The van der Waals surface area contributed by atoms with Gasteiger partial charge in [-0.2, -0.15) is 0 Å². The Morgan fingerprint density at radius 3 is 2.69 bits per heavy atom. The highest BCUT2D eigenvalue weighted by molar-refractivity contribution is 5.96. The van der Waals surface area contributed by atoms with Crippen molar-refractivity contribution < 1.29 is 14.0 Å². The average molecular weight is 352 g/mol. The highest BCUT2D eigenvalue weighted by Gasteiger charge is 2.61. The Bertz CT molecular complexity index is 865. The van der Waals surface area contributed by atoms with Crippen LogP contribution in [0.5, 0.6) is 0 Å². The first-order valence-electron chi connectivity index (χ1n) is 8.89. The van der Waals surface area contributed by atoms with E-state index in [1.165, 1.54) is 12.1 Å². The molecule has 0 unspecified atom stereocenters. The smallest absolute Gasteiger partial charge is 0.253 e. The number of rotatable bonds is 3. The van der Waals surface area contributed by atoms with Crippen LogP contribution in [0.25, 0.3) is 0 Å². The lowest BCUT2D eigenvalue weighted by Gasteiger charge is -2.17. The number of anilines is 1. The summed E-state index contributed by atoms with van der Waals surface area (Å²) in [6, 6.07) is 13.5. The molecule has 26 heavy (non-hydrogen) atoms. The molecule has 0 bridgehead atoms. The van der Waals surface area contributed by atoms with E-state index in [2.05, 4.69) is 5.32 Å². The summed E-state index contributed by atoms with van der Waals surface area (Å²) >= 11 is 0. The number of carbonyl (C=O) groups is 2. The summed E-state index contributed by atoms with van der Waals surface area (Å²) < 4.78 is 13.3. The Morgan fingerprint density at radius 1 is 1.19 bits per heavy atom. The summed E-state index contributed by atoms with van der Waals surface area (Å²) in [5.41, 5.74) is 2.17. The van der Waals surface area contributed by atoms with E-state index in [4.69, 9.17) is 0 Å². The molecule has 1 N–H and O–H groups in total. The zero-order valence-corrected chi connectivity index (χ0v) is 14.7. The molecule has 0 radical (unpaired) electrons. The van der Waals surface area contributed by atoms with E-state index in [-0.39, 0.29) is 29.0 Å². The Labute approximate surface area is 152 Å². The lowest BCUT2D eigenvalue weighted by Crippen LogP contribution is -2.30. The van der Waals surface area contributed by atoms with Gasteiger partial charge in [-0.05, 0) is 50.1 Å². The van der Waals surface area contributed by atoms with E-state index in [9.17, 15) is 14.0 Å². The first kappa shape index (κ1) is 16.8. The Hall–Kier alpha value is -2.69. The van der Waals surface area contributed by atoms with E-state index in [1.54, 1.807) is 12.1 Å². The van der Waals surface area contributed by atoms with Crippen molar-refractivity contribution in [3.63, 3.8) is 0 Å². The standard InChI is InChI=1S/C21H21FN2O2/c1-14-5-7-15(8-6-14)20(26)24-10-9-21(13-24)12-18(21)19(25)23-17-4-2-3-16(22)11-17/h2-8,11,18H,9-10,12-13H2,1H3,(H,23,25)/t18-,21+/m0/s1. The third-order valence-electron chi connectivity index (χ3n) is 5.57. The number of benzene rings is 2. The molecule has 1 aliphatic carbocycles. The molecule has 134 valence electrons. The van der Waals surface area contributed by atoms with Crippen LogP contribution in [0.1, 0.15) is 28.8 Å². The largest absolute Gasteiger partial charge is 0.338 e. The van der Waals surface area contributed by atoms with Gasteiger partial charge in [0.05, 0.1) is 0 Å². The van der Waals surface area contributed by atoms with Gasteiger partial charge in [0.2, 0.25) is 5.91 Å². The summed E-state index contributed by atoms with van der Waals surface area (Å²) in [6.45, 7) is 3.28.